The number of hydrogen-bond donors (Lipinski definition) is 2. The number of nitrogens with one attached hydrogen (secondary N) is 1. The van der Waals surface area contributed by atoms with Crippen LogP contribution >= 0.6 is 0 Å². The summed E-state index contributed by atoms with van der Waals surface area (Å²) >= 11 is 0. The Morgan fingerprint density at radius 1 is 1.15 bits per heavy atom. The quantitative estimate of drug-likeness (QED) is 0.426. The summed E-state index contributed by atoms with van der Waals surface area (Å²) in [5, 5.41) is 18.4. The molecule has 0 fully saturated rings. The highest BCUT2D eigenvalue weighted by Gasteiger charge is 2.25. The molecule has 3 N–H and O–H groups in total. The van der Waals surface area contributed by atoms with Crippen LogP contribution in [0.3, 0.4) is 0 Å². The summed E-state index contributed by atoms with van der Waals surface area (Å²) in [6.07, 6.45) is -1.25. The highest BCUT2D eigenvalue weighted by Crippen LogP contribution is 2.19. The van der Waals surface area contributed by atoms with Crippen molar-refractivity contribution in [2.75, 3.05) is 5.32 Å². The van der Waals surface area contributed by atoms with Gasteiger partial charge in [-0.1, -0.05) is 12.1 Å². The van der Waals surface area contributed by atoms with Gasteiger partial charge in [-0.15, -0.1) is 0 Å². The number of carbonyl (C=O) groups is 2. The third-order valence-electron chi connectivity index (χ3n) is 3.42. The average molecular weight is 393 g/mol. The highest BCUT2D eigenvalue weighted by atomic mass is 32.2. The first kappa shape index (κ1) is 20.0. The molecule has 0 aromatic heterocycles. The molecule has 0 bridgehead atoms. The second kappa shape index (κ2) is 7.93. The first-order chi connectivity index (χ1) is 12.6. The Labute approximate surface area is 154 Å². The van der Waals surface area contributed by atoms with E-state index in [1.54, 1.807) is 0 Å². The number of nitro groups is 1. The summed E-state index contributed by atoms with van der Waals surface area (Å²) in [6.45, 7) is 1.29. The van der Waals surface area contributed by atoms with Crippen LogP contribution in [0, 0.1) is 10.1 Å². The molecule has 2 aromatic carbocycles. The second-order valence-electron chi connectivity index (χ2n) is 5.38. The van der Waals surface area contributed by atoms with E-state index in [-0.39, 0.29) is 16.1 Å². The summed E-state index contributed by atoms with van der Waals surface area (Å²) in [4.78, 5) is 34.3. The SMILES string of the molecule is CC(OC(=O)c1ccccc1[N+](=O)[O-])C(=O)Nc1ccc(S(N)(=O)=O)cc1. The summed E-state index contributed by atoms with van der Waals surface area (Å²) in [5.74, 6) is -1.72. The zero-order valence-electron chi connectivity index (χ0n) is 14.0. The van der Waals surface area contributed by atoms with Crippen molar-refractivity contribution < 1.29 is 27.7 Å². The van der Waals surface area contributed by atoms with Crippen LogP contribution in [-0.2, 0) is 19.6 Å². The molecule has 2 aromatic rings. The third kappa shape index (κ3) is 5.09. The van der Waals surface area contributed by atoms with Crippen molar-refractivity contribution in [3.8, 4) is 0 Å². The van der Waals surface area contributed by atoms with Crippen LogP contribution in [0.5, 0.6) is 0 Å². The lowest BCUT2D eigenvalue weighted by Crippen LogP contribution is -2.30. The van der Waals surface area contributed by atoms with Gasteiger partial charge in [0.1, 0.15) is 5.56 Å². The summed E-state index contributed by atoms with van der Waals surface area (Å²) in [5.41, 5.74) is -0.464. The van der Waals surface area contributed by atoms with Gasteiger partial charge in [0, 0.05) is 11.8 Å². The Balaban J connectivity index is 2.06. The Kier molecular flexibility index (Phi) is 5.88. The molecular formula is C16H15N3O7S. The second-order valence-corrected chi connectivity index (χ2v) is 6.94. The molecule has 1 unspecified atom stereocenters. The lowest BCUT2D eigenvalue weighted by atomic mass is 10.2. The molecule has 0 heterocycles. The van der Waals surface area contributed by atoms with Gasteiger partial charge in [0.15, 0.2) is 6.10 Å². The molecule has 2 rings (SSSR count). The fourth-order valence-corrected chi connectivity index (χ4v) is 2.57. The molecule has 0 aliphatic heterocycles. The molecule has 0 spiro atoms. The number of carbonyl (C=O) groups excluding carboxylic acids is 2. The maximum atomic E-state index is 12.1. The minimum absolute atomic E-state index is 0.128. The van der Waals surface area contributed by atoms with E-state index >= 15 is 0 Å². The van der Waals surface area contributed by atoms with Crippen molar-refractivity contribution >= 4 is 33.3 Å². The van der Waals surface area contributed by atoms with Crippen molar-refractivity contribution in [2.45, 2.75) is 17.9 Å². The molecule has 27 heavy (non-hydrogen) atoms. The number of sulfonamides is 1. The molecule has 0 saturated carbocycles. The number of primary sulfonamides is 1. The van der Waals surface area contributed by atoms with E-state index < -0.39 is 38.6 Å². The Bertz CT molecular complexity index is 987. The van der Waals surface area contributed by atoms with Gasteiger partial charge in [0.05, 0.1) is 9.82 Å². The number of esters is 1. The van der Waals surface area contributed by atoms with Crippen molar-refractivity contribution in [1.29, 1.82) is 0 Å². The van der Waals surface area contributed by atoms with Gasteiger partial charge < -0.3 is 10.1 Å². The number of ether oxygens (including phenoxy) is 1. The predicted octanol–water partition coefficient (Wildman–Crippen LogP) is 1.43. The average Bonchev–Trinajstić information content (AvgIpc) is 2.61. The van der Waals surface area contributed by atoms with Gasteiger partial charge in [-0.05, 0) is 37.3 Å². The maximum Gasteiger partial charge on any atom is 0.345 e. The first-order valence-electron chi connectivity index (χ1n) is 7.47. The number of hydrogen-bond acceptors (Lipinski definition) is 7. The molecule has 0 aliphatic carbocycles. The molecule has 0 saturated heterocycles. The Morgan fingerprint density at radius 3 is 2.30 bits per heavy atom. The normalized spacial score (nSPS) is 12.1. The number of anilines is 1. The summed E-state index contributed by atoms with van der Waals surface area (Å²) in [7, 11) is -3.86. The minimum atomic E-state index is -3.86. The molecule has 11 heteroatoms. The monoisotopic (exact) mass is 393 g/mol. The minimum Gasteiger partial charge on any atom is -0.449 e. The van der Waals surface area contributed by atoms with E-state index in [0.717, 1.165) is 6.07 Å². The van der Waals surface area contributed by atoms with Crippen molar-refractivity contribution in [3.05, 3.63) is 64.2 Å². The third-order valence-corrected chi connectivity index (χ3v) is 4.35. The van der Waals surface area contributed by atoms with Crippen LogP contribution < -0.4 is 10.5 Å². The van der Waals surface area contributed by atoms with Crippen LogP contribution in [0.25, 0.3) is 0 Å². The van der Waals surface area contributed by atoms with Crippen LogP contribution in [-0.4, -0.2) is 31.3 Å². The number of rotatable bonds is 6. The standard InChI is InChI=1S/C16H15N3O7S/c1-10(26-16(21)13-4-2-3-5-14(13)19(22)23)15(20)18-11-6-8-12(9-7-11)27(17,24)25/h2-10H,1H3,(H,18,20)(H2,17,24,25). The maximum absolute atomic E-state index is 12.1. The lowest BCUT2D eigenvalue weighted by Gasteiger charge is -2.13. The number of para-hydroxylation sites is 1. The van der Waals surface area contributed by atoms with E-state index in [9.17, 15) is 28.1 Å². The topological polar surface area (TPSA) is 159 Å². The van der Waals surface area contributed by atoms with Gasteiger partial charge in [0.25, 0.3) is 11.6 Å². The zero-order chi connectivity index (χ0) is 20.2. The Morgan fingerprint density at radius 2 is 1.74 bits per heavy atom. The molecule has 10 nitrogen and oxygen atoms in total. The van der Waals surface area contributed by atoms with E-state index in [2.05, 4.69) is 5.32 Å². The summed E-state index contributed by atoms with van der Waals surface area (Å²) < 4.78 is 27.4. The zero-order valence-corrected chi connectivity index (χ0v) is 14.8. The number of benzene rings is 2. The molecular weight excluding hydrogens is 378 g/mol. The van der Waals surface area contributed by atoms with Crippen LogP contribution in [0.4, 0.5) is 11.4 Å². The first-order valence-corrected chi connectivity index (χ1v) is 9.02. The molecule has 0 aliphatic rings. The smallest absolute Gasteiger partial charge is 0.345 e. The van der Waals surface area contributed by atoms with Gasteiger partial charge in [-0.3, -0.25) is 14.9 Å². The lowest BCUT2D eigenvalue weighted by molar-refractivity contribution is -0.385. The van der Waals surface area contributed by atoms with Crippen molar-refractivity contribution in [1.82, 2.24) is 0 Å². The number of nitro benzene ring substituents is 1. The summed E-state index contributed by atoms with van der Waals surface area (Å²) in [6, 6.07) is 10.2. The molecule has 142 valence electrons. The van der Waals surface area contributed by atoms with Crippen molar-refractivity contribution in [3.63, 3.8) is 0 Å². The van der Waals surface area contributed by atoms with Crippen LogP contribution in [0.15, 0.2) is 53.4 Å². The van der Waals surface area contributed by atoms with E-state index in [1.165, 1.54) is 49.4 Å². The van der Waals surface area contributed by atoms with E-state index in [1.807, 2.05) is 0 Å². The molecule has 1 atom stereocenters. The number of amides is 1. The predicted molar refractivity (Wildman–Crippen MR) is 94.4 cm³/mol. The molecule has 0 radical (unpaired) electrons. The van der Waals surface area contributed by atoms with Gasteiger partial charge in [-0.25, -0.2) is 18.4 Å². The fourth-order valence-electron chi connectivity index (χ4n) is 2.05. The largest absolute Gasteiger partial charge is 0.449 e. The van der Waals surface area contributed by atoms with Gasteiger partial charge >= 0.3 is 5.97 Å². The molecule has 1 amide bonds. The number of nitrogens with two attached hydrogens (primary N) is 1. The van der Waals surface area contributed by atoms with Crippen LogP contribution in [0.1, 0.15) is 17.3 Å². The Hall–Kier alpha value is -3.31. The van der Waals surface area contributed by atoms with Crippen molar-refractivity contribution in [2.24, 2.45) is 5.14 Å². The van der Waals surface area contributed by atoms with Crippen LogP contribution in [0.2, 0.25) is 0 Å². The van der Waals surface area contributed by atoms with Gasteiger partial charge in [-0.2, -0.15) is 0 Å². The van der Waals surface area contributed by atoms with Gasteiger partial charge in [0.2, 0.25) is 10.0 Å². The fraction of sp³-hybridized carbons (Fsp3) is 0.125. The van der Waals surface area contributed by atoms with E-state index in [0.29, 0.717) is 0 Å². The highest BCUT2D eigenvalue weighted by molar-refractivity contribution is 7.89. The number of nitrogens with zero attached hydrogens (tertiary/aromatic N) is 1. The van der Waals surface area contributed by atoms with E-state index in [4.69, 9.17) is 9.88 Å².